The third kappa shape index (κ3) is 6.97. The summed E-state index contributed by atoms with van der Waals surface area (Å²) in [5.41, 5.74) is 1.34. The molecule has 0 saturated heterocycles. The molecule has 2 atom stereocenters. The molecule has 1 N–H and O–H groups in total. The van der Waals surface area contributed by atoms with E-state index in [1.807, 2.05) is 6.26 Å². The number of rotatable bonds is 10. The summed E-state index contributed by atoms with van der Waals surface area (Å²) >= 11 is 7.55. The average molecular weight is 490 g/mol. The lowest BCUT2D eigenvalue weighted by Gasteiger charge is -2.20. The van der Waals surface area contributed by atoms with Crippen LogP contribution in [0.3, 0.4) is 0 Å². The number of halogens is 1. The summed E-state index contributed by atoms with van der Waals surface area (Å²) in [7, 11) is 1.29. The number of hydrogen-bond donors (Lipinski definition) is 1. The van der Waals surface area contributed by atoms with Crippen molar-refractivity contribution in [1.82, 2.24) is 15.3 Å². The van der Waals surface area contributed by atoms with Gasteiger partial charge in [-0.3, -0.25) is 4.79 Å². The Hall–Kier alpha value is -3.04. The number of thioether (sulfide) groups is 1. The Morgan fingerprint density at radius 2 is 1.85 bits per heavy atom. The van der Waals surface area contributed by atoms with Gasteiger partial charge in [0.2, 0.25) is 5.88 Å². The number of esters is 1. The van der Waals surface area contributed by atoms with Crippen molar-refractivity contribution in [2.75, 3.05) is 19.1 Å². The highest BCUT2D eigenvalue weighted by atomic mass is 35.5. The molecule has 1 unspecified atom stereocenters. The second-order valence-electron chi connectivity index (χ2n) is 7.04. The molecular formula is C23H24ClN3O5S. The Bertz CT molecular complexity index is 1110. The summed E-state index contributed by atoms with van der Waals surface area (Å²) < 4.78 is 16.2. The van der Waals surface area contributed by atoms with Gasteiger partial charge in [-0.2, -0.15) is 11.8 Å². The second-order valence-corrected chi connectivity index (χ2v) is 8.46. The quantitative estimate of drug-likeness (QED) is 0.422. The largest absolute Gasteiger partial charge is 0.481 e. The highest BCUT2D eigenvalue weighted by molar-refractivity contribution is 7.98. The van der Waals surface area contributed by atoms with Crippen molar-refractivity contribution in [3.05, 3.63) is 53.7 Å². The lowest BCUT2D eigenvalue weighted by Crippen LogP contribution is -2.47. The maximum absolute atomic E-state index is 12.5. The second kappa shape index (κ2) is 11.7. The minimum absolute atomic E-state index is 0.338. The van der Waals surface area contributed by atoms with Crippen LogP contribution in [0.25, 0.3) is 11.0 Å². The first-order valence-electron chi connectivity index (χ1n) is 10.1. The van der Waals surface area contributed by atoms with E-state index in [1.165, 1.54) is 13.3 Å². The maximum atomic E-state index is 12.5. The van der Waals surface area contributed by atoms with Gasteiger partial charge in [-0.25, -0.2) is 14.8 Å². The van der Waals surface area contributed by atoms with Crippen LogP contribution in [0.15, 0.2) is 48.7 Å². The van der Waals surface area contributed by atoms with Crippen molar-refractivity contribution in [1.29, 1.82) is 0 Å². The summed E-state index contributed by atoms with van der Waals surface area (Å²) in [5.74, 6) is 1.18. The molecule has 0 aliphatic rings. The highest BCUT2D eigenvalue weighted by Crippen LogP contribution is 2.25. The summed E-state index contributed by atoms with van der Waals surface area (Å²) in [6, 6.07) is 11.3. The van der Waals surface area contributed by atoms with Crippen molar-refractivity contribution in [3.8, 4) is 17.4 Å². The van der Waals surface area contributed by atoms with E-state index in [2.05, 4.69) is 15.3 Å². The minimum atomic E-state index is -0.809. The van der Waals surface area contributed by atoms with Gasteiger partial charge in [0.25, 0.3) is 5.91 Å². The van der Waals surface area contributed by atoms with Crippen LogP contribution in [0.5, 0.6) is 17.4 Å². The number of hydrogen-bond acceptors (Lipinski definition) is 8. The highest BCUT2D eigenvalue weighted by Gasteiger charge is 2.24. The third-order valence-corrected chi connectivity index (χ3v) is 5.50. The van der Waals surface area contributed by atoms with E-state index in [9.17, 15) is 9.59 Å². The van der Waals surface area contributed by atoms with Crippen molar-refractivity contribution in [3.63, 3.8) is 0 Å². The molecule has 3 aromatic rings. The molecule has 0 fully saturated rings. The zero-order chi connectivity index (χ0) is 23.8. The minimum Gasteiger partial charge on any atom is -0.481 e. The fraction of sp³-hybridized carbons (Fsp3) is 0.304. The third-order valence-electron chi connectivity index (χ3n) is 4.62. The van der Waals surface area contributed by atoms with E-state index in [0.29, 0.717) is 45.6 Å². The maximum Gasteiger partial charge on any atom is 0.328 e. The predicted molar refractivity (Wildman–Crippen MR) is 128 cm³/mol. The van der Waals surface area contributed by atoms with E-state index in [4.69, 9.17) is 25.8 Å². The molecule has 0 spiro atoms. The van der Waals surface area contributed by atoms with Gasteiger partial charge >= 0.3 is 5.97 Å². The van der Waals surface area contributed by atoms with E-state index in [-0.39, 0.29) is 0 Å². The summed E-state index contributed by atoms with van der Waals surface area (Å²) in [5, 5.41) is 3.27. The molecular weight excluding hydrogens is 466 g/mol. The molecule has 1 aromatic heterocycles. The molecule has 10 heteroatoms. The normalized spacial score (nSPS) is 12.6. The number of amides is 1. The van der Waals surface area contributed by atoms with Gasteiger partial charge in [0.1, 0.15) is 17.5 Å². The first-order chi connectivity index (χ1) is 15.9. The van der Waals surface area contributed by atoms with Gasteiger partial charge in [0, 0.05) is 5.02 Å². The molecule has 174 valence electrons. The molecule has 33 heavy (non-hydrogen) atoms. The number of carbonyl (C=O) groups is 2. The van der Waals surface area contributed by atoms with Crippen LogP contribution < -0.4 is 14.8 Å². The van der Waals surface area contributed by atoms with Gasteiger partial charge in [0.15, 0.2) is 6.10 Å². The smallest absolute Gasteiger partial charge is 0.328 e. The first-order valence-corrected chi connectivity index (χ1v) is 11.9. The van der Waals surface area contributed by atoms with E-state index < -0.39 is 24.0 Å². The number of nitrogens with one attached hydrogen (secondary N) is 1. The number of ether oxygens (including phenoxy) is 3. The van der Waals surface area contributed by atoms with Crippen LogP contribution in [0.2, 0.25) is 5.02 Å². The lowest BCUT2D eigenvalue weighted by atomic mass is 10.2. The Morgan fingerprint density at radius 1 is 1.12 bits per heavy atom. The van der Waals surface area contributed by atoms with Crippen LogP contribution in [-0.4, -0.2) is 53.1 Å². The Kier molecular flexibility index (Phi) is 8.73. The van der Waals surface area contributed by atoms with Gasteiger partial charge in [-0.15, -0.1) is 0 Å². The van der Waals surface area contributed by atoms with Crippen molar-refractivity contribution in [2.45, 2.75) is 25.5 Å². The Balaban J connectivity index is 1.58. The van der Waals surface area contributed by atoms with Crippen molar-refractivity contribution >= 4 is 46.3 Å². The standard InChI is InChI=1S/C23H24ClN3O5S/c1-14(22(28)27-19(10-11-33-3)23(29)30-2)31-16-5-7-17(8-6-16)32-21-13-25-20-12-15(24)4-9-18(20)26-21/h4-9,12-14,19H,10-11H2,1-3H3,(H,27,28)/t14?,19-/m0/s1. The fourth-order valence-corrected chi connectivity index (χ4v) is 3.53. The molecule has 1 amide bonds. The van der Waals surface area contributed by atoms with Gasteiger partial charge in [-0.05, 0) is 67.8 Å². The number of methoxy groups -OCH3 is 1. The molecule has 0 radical (unpaired) electrons. The molecule has 0 bridgehead atoms. The molecule has 1 heterocycles. The van der Waals surface area contributed by atoms with E-state index >= 15 is 0 Å². The van der Waals surface area contributed by atoms with E-state index in [0.717, 1.165) is 0 Å². The van der Waals surface area contributed by atoms with E-state index in [1.54, 1.807) is 61.2 Å². The number of aromatic nitrogens is 2. The first kappa shape index (κ1) is 24.6. The number of carbonyl (C=O) groups excluding carboxylic acids is 2. The van der Waals surface area contributed by atoms with Crippen LogP contribution in [-0.2, 0) is 14.3 Å². The molecule has 2 aromatic carbocycles. The molecule has 3 rings (SSSR count). The molecule has 0 saturated carbocycles. The van der Waals surface area contributed by atoms with Crippen LogP contribution in [0.4, 0.5) is 0 Å². The molecule has 8 nitrogen and oxygen atoms in total. The summed E-state index contributed by atoms with van der Waals surface area (Å²) in [4.78, 5) is 33.1. The number of nitrogens with zero attached hydrogens (tertiary/aromatic N) is 2. The predicted octanol–water partition coefficient (Wildman–Crippen LogP) is 4.25. The number of benzene rings is 2. The number of fused-ring (bicyclic) bond motifs is 1. The van der Waals surface area contributed by atoms with Crippen molar-refractivity contribution < 1.29 is 23.8 Å². The van der Waals surface area contributed by atoms with Crippen LogP contribution in [0, 0.1) is 0 Å². The van der Waals surface area contributed by atoms with Gasteiger partial charge in [0.05, 0.1) is 24.3 Å². The average Bonchev–Trinajstić information content (AvgIpc) is 2.82. The van der Waals surface area contributed by atoms with Crippen LogP contribution in [0.1, 0.15) is 13.3 Å². The Morgan fingerprint density at radius 3 is 2.55 bits per heavy atom. The zero-order valence-corrected chi connectivity index (χ0v) is 20.0. The molecule has 0 aliphatic carbocycles. The fourth-order valence-electron chi connectivity index (χ4n) is 2.90. The van der Waals surface area contributed by atoms with Gasteiger partial charge in [-0.1, -0.05) is 11.6 Å². The van der Waals surface area contributed by atoms with Crippen LogP contribution >= 0.6 is 23.4 Å². The van der Waals surface area contributed by atoms with Crippen molar-refractivity contribution in [2.24, 2.45) is 0 Å². The summed E-state index contributed by atoms with van der Waals surface area (Å²) in [6.07, 6.45) is 3.11. The topological polar surface area (TPSA) is 99.6 Å². The summed E-state index contributed by atoms with van der Waals surface area (Å²) in [6.45, 7) is 1.61. The Labute approximate surface area is 201 Å². The monoisotopic (exact) mass is 489 g/mol. The SMILES string of the molecule is COC(=O)[C@H](CCSC)NC(=O)C(C)Oc1ccc(Oc2cnc3cc(Cl)ccc3n2)cc1. The zero-order valence-electron chi connectivity index (χ0n) is 18.4. The van der Waals surface area contributed by atoms with Gasteiger partial charge < -0.3 is 19.5 Å². The lowest BCUT2D eigenvalue weighted by molar-refractivity contribution is -0.146. The molecule has 0 aliphatic heterocycles.